The van der Waals surface area contributed by atoms with Crippen LogP contribution in [0.1, 0.15) is 27.2 Å². The van der Waals surface area contributed by atoms with Crippen molar-refractivity contribution >= 4 is 17.7 Å². The first-order chi connectivity index (χ1) is 13.2. The van der Waals surface area contributed by atoms with Gasteiger partial charge in [0.05, 0.1) is 5.69 Å². The molecule has 2 N–H and O–H groups in total. The molecule has 152 valence electrons. The first kappa shape index (κ1) is 20.1. The smallest absolute Gasteiger partial charge is 0.319 e. The number of benzene rings is 1. The summed E-state index contributed by atoms with van der Waals surface area (Å²) in [5.41, 5.74) is 1.75. The SMILES string of the molecule is CN(C)c1ncn(-c2cccc(NC(=O)NCC3CCN(C(C)(C)C)C3)c2)n1. The van der Waals surface area contributed by atoms with E-state index in [1.165, 1.54) is 0 Å². The summed E-state index contributed by atoms with van der Waals surface area (Å²) in [6.07, 6.45) is 2.78. The van der Waals surface area contributed by atoms with Crippen LogP contribution in [-0.4, -0.2) is 65.0 Å². The van der Waals surface area contributed by atoms with E-state index in [0.29, 0.717) is 18.4 Å². The summed E-state index contributed by atoms with van der Waals surface area (Å²) < 4.78 is 1.69. The maximum Gasteiger partial charge on any atom is 0.319 e. The fourth-order valence-corrected chi connectivity index (χ4v) is 3.33. The van der Waals surface area contributed by atoms with Crippen molar-refractivity contribution in [1.82, 2.24) is 25.0 Å². The molecule has 2 amide bonds. The number of carbonyl (C=O) groups is 1. The van der Waals surface area contributed by atoms with Crippen molar-refractivity contribution < 1.29 is 4.79 Å². The van der Waals surface area contributed by atoms with E-state index >= 15 is 0 Å². The van der Waals surface area contributed by atoms with Crippen molar-refractivity contribution in [1.29, 1.82) is 0 Å². The van der Waals surface area contributed by atoms with Crippen molar-refractivity contribution in [3.8, 4) is 5.69 Å². The Morgan fingerprint density at radius 3 is 2.75 bits per heavy atom. The van der Waals surface area contributed by atoms with Gasteiger partial charge in [0.1, 0.15) is 6.33 Å². The van der Waals surface area contributed by atoms with Crippen LogP contribution in [0.15, 0.2) is 30.6 Å². The lowest BCUT2D eigenvalue weighted by Crippen LogP contribution is -2.40. The Morgan fingerprint density at radius 2 is 2.11 bits per heavy atom. The lowest BCUT2D eigenvalue weighted by Gasteiger charge is -2.31. The first-order valence-electron chi connectivity index (χ1n) is 9.72. The molecule has 2 aromatic rings. The molecule has 0 spiro atoms. The van der Waals surface area contributed by atoms with Gasteiger partial charge in [0.15, 0.2) is 0 Å². The summed E-state index contributed by atoms with van der Waals surface area (Å²) in [5.74, 6) is 1.13. The Bertz CT molecular complexity index is 809. The largest absolute Gasteiger partial charge is 0.346 e. The molecule has 3 rings (SSSR count). The molecular formula is C20H31N7O. The molecule has 1 aliphatic rings. The second-order valence-corrected chi connectivity index (χ2v) is 8.54. The number of aromatic nitrogens is 3. The Hall–Kier alpha value is -2.61. The molecule has 0 bridgehead atoms. The quantitative estimate of drug-likeness (QED) is 0.827. The van der Waals surface area contributed by atoms with Gasteiger partial charge in [-0.15, -0.1) is 5.10 Å². The molecule has 0 radical (unpaired) electrons. The van der Waals surface area contributed by atoms with Crippen LogP contribution in [-0.2, 0) is 0 Å². The van der Waals surface area contributed by atoms with Crippen molar-refractivity contribution in [3.05, 3.63) is 30.6 Å². The van der Waals surface area contributed by atoms with E-state index in [-0.39, 0.29) is 11.6 Å². The third-order valence-corrected chi connectivity index (χ3v) is 5.03. The summed E-state index contributed by atoms with van der Waals surface area (Å²) in [6.45, 7) is 9.51. The Labute approximate surface area is 166 Å². The number of nitrogens with one attached hydrogen (secondary N) is 2. The Kier molecular flexibility index (Phi) is 5.88. The minimum absolute atomic E-state index is 0.182. The van der Waals surface area contributed by atoms with E-state index in [1.807, 2.05) is 43.3 Å². The molecule has 1 fully saturated rings. The maximum absolute atomic E-state index is 12.3. The molecule has 1 aliphatic heterocycles. The first-order valence-corrected chi connectivity index (χ1v) is 9.72. The van der Waals surface area contributed by atoms with Gasteiger partial charge in [0.25, 0.3) is 0 Å². The summed E-state index contributed by atoms with van der Waals surface area (Å²) in [7, 11) is 3.79. The predicted molar refractivity (Wildman–Crippen MR) is 112 cm³/mol. The van der Waals surface area contributed by atoms with Crippen LogP contribution in [0.3, 0.4) is 0 Å². The number of carbonyl (C=O) groups excluding carboxylic acids is 1. The molecule has 1 aromatic carbocycles. The zero-order chi connectivity index (χ0) is 20.3. The summed E-state index contributed by atoms with van der Waals surface area (Å²) >= 11 is 0. The van der Waals surface area contributed by atoms with Gasteiger partial charge in [0.2, 0.25) is 5.95 Å². The third-order valence-electron chi connectivity index (χ3n) is 5.03. The highest BCUT2D eigenvalue weighted by atomic mass is 16.2. The molecule has 0 aliphatic carbocycles. The summed E-state index contributed by atoms with van der Waals surface area (Å²) in [5, 5.41) is 10.3. The van der Waals surface area contributed by atoms with Crippen molar-refractivity contribution in [2.75, 3.05) is 43.9 Å². The molecule has 0 saturated carbocycles. The normalized spacial score (nSPS) is 17.5. The molecule has 1 saturated heterocycles. The second-order valence-electron chi connectivity index (χ2n) is 8.54. The second kappa shape index (κ2) is 8.18. The topological polar surface area (TPSA) is 78.3 Å². The number of anilines is 2. The monoisotopic (exact) mass is 385 g/mol. The third kappa shape index (κ3) is 5.01. The number of hydrogen-bond acceptors (Lipinski definition) is 5. The van der Waals surface area contributed by atoms with Gasteiger partial charge in [0, 0.05) is 38.4 Å². The average Bonchev–Trinajstić information content (AvgIpc) is 3.29. The molecule has 1 aromatic heterocycles. The van der Waals surface area contributed by atoms with Crippen molar-refractivity contribution in [2.45, 2.75) is 32.7 Å². The van der Waals surface area contributed by atoms with Gasteiger partial charge in [-0.3, -0.25) is 4.90 Å². The van der Waals surface area contributed by atoms with Crippen LogP contribution in [0, 0.1) is 5.92 Å². The van der Waals surface area contributed by atoms with Crippen LogP contribution in [0.5, 0.6) is 0 Å². The number of urea groups is 1. The molecule has 1 atom stereocenters. The number of hydrogen-bond donors (Lipinski definition) is 2. The van der Waals surface area contributed by atoms with Crippen LogP contribution >= 0.6 is 0 Å². The van der Waals surface area contributed by atoms with Gasteiger partial charge >= 0.3 is 6.03 Å². The van der Waals surface area contributed by atoms with Gasteiger partial charge < -0.3 is 15.5 Å². The van der Waals surface area contributed by atoms with Crippen LogP contribution in [0.25, 0.3) is 5.69 Å². The molecule has 8 heteroatoms. The molecular weight excluding hydrogens is 354 g/mol. The van der Waals surface area contributed by atoms with Gasteiger partial charge in [-0.05, 0) is 57.9 Å². The minimum atomic E-state index is -0.182. The van der Waals surface area contributed by atoms with Crippen LogP contribution in [0.4, 0.5) is 16.4 Å². The zero-order valence-electron chi connectivity index (χ0n) is 17.4. The highest BCUT2D eigenvalue weighted by Gasteiger charge is 2.30. The highest BCUT2D eigenvalue weighted by Crippen LogP contribution is 2.24. The number of amides is 2. The molecule has 2 heterocycles. The standard InChI is InChI=1S/C20H31N7O/c1-20(2,3)26-10-9-15(13-26)12-21-19(28)23-16-7-6-8-17(11-16)27-14-22-18(24-27)25(4)5/h6-8,11,14-15H,9-10,12-13H2,1-5H3,(H2,21,23,28). The fraction of sp³-hybridized carbons (Fsp3) is 0.550. The number of nitrogens with zero attached hydrogens (tertiary/aromatic N) is 5. The lowest BCUT2D eigenvalue weighted by molar-refractivity contribution is 0.168. The van der Waals surface area contributed by atoms with E-state index < -0.39 is 0 Å². The Balaban J connectivity index is 1.53. The van der Waals surface area contributed by atoms with Gasteiger partial charge in [-0.2, -0.15) is 4.98 Å². The maximum atomic E-state index is 12.3. The number of rotatable bonds is 5. The van der Waals surface area contributed by atoms with Gasteiger partial charge in [-0.25, -0.2) is 9.48 Å². The highest BCUT2D eigenvalue weighted by molar-refractivity contribution is 5.89. The Morgan fingerprint density at radius 1 is 1.32 bits per heavy atom. The predicted octanol–water partition coefficient (Wildman–Crippen LogP) is 2.58. The van der Waals surface area contributed by atoms with Crippen molar-refractivity contribution in [3.63, 3.8) is 0 Å². The summed E-state index contributed by atoms with van der Waals surface area (Å²) in [6, 6.07) is 7.38. The van der Waals surface area contributed by atoms with Gasteiger partial charge in [-0.1, -0.05) is 6.07 Å². The lowest BCUT2D eigenvalue weighted by atomic mass is 10.1. The van der Waals surface area contributed by atoms with E-state index in [9.17, 15) is 4.79 Å². The van der Waals surface area contributed by atoms with Crippen LogP contribution in [0.2, 0.25) is 0 Å². The summed E-state index contributed by atoms with van der Waals surface area (Å²) in [4.78, 5) is 20.9. The van der Waals surface area contributed by atoms with E-state index in [4.69, 9.17) is 0 Å². The van der Waals surface area contributed by atoms with Crippen molar-refractivity contribution in [2.24, 2.45) is 5.92 Å². The number of likely N-dealkylation sites (tertiary alicyclic amines) is 1. The van der Waals surface area contributed by atoms with Crippen LogP contribution < -0.4 is 15.5 Å². The zero-order valence-corrected chi connectivity index (χ0v) is 17.4. The fourth-order valence-electron chi connectivity index (χ4n) is 3.33. The van der Waals surface area contributed by atoms with E-state index in [0.717, 1.165) is 30.9 Å². The molecule has 8 nitrogen and oxygen atoms in total. The minimum Gasteiger partial charge on any atom is -0.346 e. The molecule has 1 unspecified atom stereocenters. The van der Waals surface area contributed by atoms with E-state index in [2.05, 4.69) is 46.4 Å². The average molecular weight is 386 g/mol. The molecule has 28 heavy (non-hydrogen) atoms. The van der Waals surface area contributed by atoms with E-state index in [1.54, 1.807) is 11.0 Å².